The molecule has 0 spiro atoms. The summed E-state index contributed by atoms with van der Waals surface area (Å²) in [5.74, 6) is 0.525. The van der Waals surface area contributed by atoms with E-state index >= 15 is 0 Å². The molecule has 138 valence electrons. The maximum atomic E-state index is 12.2. The Morgan fingerprint density at radius 3 is 2.35 bits per heavy atom. The van der Waals surface area contributed by atoms with Gasteiger partial charge in [0.15, 0.2) is 0 Å². The number of rotatable bonds is 8. The third-order valence-electron chi connectivity index (χ3n) is 3.75. The van der Waals surface area contributed by atoms with Crippen LogP contribution >= 0.6 is 23.4 Å². The fourth-order valence-electron chi connectivity index (χ4n) is 2.44. The summed E-state index contributed by atoms with van der Waals surface area (Å²) in [5.41, 5.74) is 2.09. The third kappa shape index (κ3) is 7.10. The molecule has 2 aromatic rings. The molecule has 0 aliphatic heterocycles. The largest absolute Gasteiger partial charge is 0.355 e. The second-order valence-corrected chi connectivity index (χ2v) is 7.63. The van der Waals surface area contributed by atoms with Crippen molar-refractivity contribution in [3.63, 3.8) is 0 Å². The Hall–Kier alpha value is -1.98. The molecule has 26 heavy (non-hydrogen) atoms. The van der Waals surface area contributed by atoms with Crippen LogP contribution in [0.5, 0.6) is 0 Å². The van der Waals surface area contributed by atoms with Crippen molar-refractivity contribution < 1.29 is 9.59 Å². The summed E-state index contributed by atoms with van der Waals surface area (Å²) in [6, 6.07) is 15.1. The molecule has 2 rings (SSSR count). The number of hydrogen-bond acceptors (Lipinski definition) is 3. The summed E-state index contributed by atoms with van der Waals surface area (Å²) in [7, 11) is 0. The van der Waals surface area contributed by atoms with Crippen molar-refractivity contribution in [2.75, 3.05) is 12.3 Å². The Morgan fingerprint density at radius 1 is 1.08 bits per heavy atom. The van der Waals surface area contributed by atoms with Crippen LogP contribution in [0.2, 0.25) is 5.02 Å². The first-order valence-corrected chi connectivity index (χ1v) is 9.79. The number of aryl methyl sites for hydroxylation is 1. The van der Waals surface area contributed by atoms with Crippen LogP contribution in [-0.2, 0) is 9.59 Å². The maximum absolute atomic E-state index is 12.2. The molecule has 0 aliphatic rings. The molecule has 0 aromatic heterocycles. The summed E-state index contributed by atoms with van der Waals surface area (Å²) < 4.78 is 0. The number of hydrogen-bond donors (Lipinski definition) is 2. The van der Waals surface area contributed by atoms with E-state index in [9.17, 15) is 9.59 Å². The van der Waals surface area contributed by atoms with E-state index in [4.69, 9.17) is 11.6 Å². The Morgan fingerprint density at radius 2 is 1.73 bits per heavy atom. The molecule has 0 heterocycles. The summed E-state index contributed by atoms with van der Waals surface area (Å²) in [6.45, 7) is 4.07. The van der Waals surface area contributed by atoms with Gasteiger partial charge in [0.1, 0.15) is 0 Å². The molecular weight excluding hydrogens is 368 g/mol. The minimum absolute atomic E-state index is 0.0943. The molecule has 0 bridgehead atoms. The molecule has 2 N–H and O–H groups in total. The zero-order valence-corrected chi connectivity index (χ0v) is 16.5. The predicted octanol–water partition coefficient (Wildman–Crippen LogP) is 4.12. The average Bonchev–Trinajstić information content (AvgIpc) is 2.60. The van der Waals surface area contributed by atoms with Gasteiger partial charge in [-0.25, -0.2) is 0 Å². The zero-order chi connectivity index (χ0) is 18.9. The second-order valence-electron chi connectivity index (χ2n) is 6.02. The van der Waals surface area contributed by atoms with E-state index in [1.807, 2.05) is 12.1 Å². The fourth-order valence-corrected chi connectivity index (χ4v) is 3.34. The monoisotopic (exact) mass is 390 g/mol. The maximum Gasteiger partial charge on any atom is 0.222 e. The van der Waals surface area contributed by atoms with Gasteiger partial charge in [-0.2, -0.15) is 0 Å². The highest BCUT2D eigenvalue weighted by atomic mass is 35.5. The summed E-state index contributed by atoms with van der Waals surface area (Å²) in [5, 5.41) is 6.35. The van der Waals surface area contributed by atoms with Crippen LogP contribution in [-0.4, -0.2) is 24.1 Å². The molecule has 4 nitrogen and oxygen atoms in total. The van der Waals surface area contributed by atoms with Crippen molar-refractivity contribution in [1.82, 2.24) is 10.6 Å². The predicted molar refractivity (Wildman–Crippen MR) is 108 cm³/mol. The molecule has 0 radical (unpaired) electrons. The van der Waals surface area contributed by atoms with E-state index in [-0.39, 0.29) is 24.3 Å². The quantitative estimate of drug-likeness (QED) is 0.526. The van der Waals surface area contributed by atoms with Crippen molar-refractivity contribution >= 4 is 35.2 Å². The van der Waals surface area contributed by atoms with Crippen molar-refractivity contribution in [2.24, 2.45) is 0 Å². The van der Waals surface area contributed by atoms with Gasteiger partial charge in [-0.3, -0.25) is 9.59 Å². The first-order valence-electron chi connectivity index (χ1n) is 8.43. The van der Waals surface area contributed by atoms with Crippen LogP contribution in [0.1, 0.15) is 30.5 Å². The van der Waals surface area contributed by atoms with Gasteiger partial charge in [-0.15, -0.1) is 11.8 Å². The lowest BCUT2D eigenvalue weighted by molar-refractivity contribution is -0.122. The third-order valence-corrected chi connectivity index (χ3v) is 5.02. The van der Waals surface area contributed by atoms with Crippen molar-refractivity contribution in [2.45, 2.75) is 31.2 Å². The van der Waals surface area contributed by atoms with Gasteiger partial charge in [0.2, 0.25) is 11.8 Å². The van der Waals surface area contributed by atoms with Gasteiger partial charge in [-0.1, -0.05) is 41.4 Å². The number of carbonyl (C=O) groups excluding carboxylic acids is 2. The highest BCUT2D eigenvalue weighted by Crippen LogP contribution is 2.20. The van der Waals surface area contributed by atoms with E-state index in [0.29, 0.717) is 11.6 Å². The van der Waals surface area contributed by atoms with Crippen LogP contribution in [0.25, 0.3) is 0 Å². The Balaban J connectivity index is 1.81. The van der Waals surface area contributed by atoms with Crippen LogP contribution in [0.4, 0.5) is 0 Å². The minimum atomic E-state index is -0.366. The first-order chi connectivity index (χ1) is 12.4. The molecule has 0 fully saturated rings. The Labute approximate surface area is 163 Å². The van der Waals surface area contributed by atoms with Crippen LogP contribution in [0.3, 0.4) is 0 Å². The molecule has 0 saturated carbocycles. The van der Waals surface area contributed by atoms with E-state index in [1.165, 1.54) is 17.4 Å². The standard InChI is InChI=1S/C20H23ClN2O2S/c1-14-3-9-18(10-4-14)26-12-11-22-20(25)13-19(23-15(2)24)16-5-7-17(21)8-6-16/h3-10,19H,11-13H2,1-2H3,(H,22,25)(H,23,24). The summed E-state index contributed by atoms with van der Waals surface area (Å²) in [6.07, 6.45) is 0.191. The molecule has 6 heteroatoms. The van der Waals surface area contributed by atoms with Gasteiger partial charge in [-0.05, 0) is 36.8 Å². The van der Waals surface area contributed by atoms with Crippen LogP contribution in [0.15, 0.2) is 53.4 Å². The SMILES string of the molecule is CC(=O)NC(CC(=O)NCCSc1ccc(C)cc1)c1ccc(Cl)cc1. The molecule has 0 aliphatic carbocycles. The smallest absolute Gasteiger partial charge is 0.222 e. The van der Waals surface area contributed by atoms with Gasteiger partial charge in [0.05, 0.1) is 12.5 Å². The molecule has 2 aromatic carbocycles. The van der Waals surface area contributed by atoms with Gasteiger partial charge < -0.3 is 10.6 Å². The number of halogens is 1. The molecular formula is C20H23ClN2O2S. The van der Waals surface area contributed by atoms with Crippen molar-refractivity contribution in [3.05, 3.63) is 64.7 Å². The number of amides is 2. The zero-order valence-electron chi connectivity index (χ0n) is 14.9. The van der Waals surface area contributed by atoms with E-state index in [2.05, 4.69) is 41.8 Å². The molecule has 2 amide bonds. The molecule has 0 saturated heterocycles. The lowest BCUT2D eigenvalue weighted by Crippen LogP contribution is -2.33. The van der Waals surface area contributed by atoms with E-state index in [0.717, 1.165) is 11.3 Å². The van der Waals surface area contributed by atoms with E-state index in [1.54, 1.807) is 23.9 Å². The Bertz CT molecular complexity index is 732. The van der Waals surface area contributed by atoms with Gasteiger partial charge >= 0.3 is 0 Å². The normalized spacial score (nSPS) is 11.7. The first kappa shape index (κ1) is 20.3. The van der Waals surface area contributed by atoms with E-state index < -0.39 is 0 Å². The topological polar surface area (TPSA) is 58.2 Å². The van der Waals surface area contributed by atoms with Gasteiger partial charge in [0, 0.05) is 29.1 Å². The fraction of sp³-hybridized carbons (Fsp3) is 0.300. The lowest BCUT2D eigenvalue weighted by Gasteiger charge is -2.18. The average molecular weight is 391 g/mol. The van der Waals surface area contributed by atoms with Crippen molar-refractivity contribution in [1.29, 1.82) is 0 Å². The number of nitrogens with one attached hydrogen (secondary N) is 2. The molecule has 1 atom stereocenters. The lowest BCUT2D eigenvalue weighted by atomic mass is 10.0. The summed E-state index contributed by atoms with van der Waals surface area (Å²) in [4.78, 5) is 24.9. The number of benzene rings is 2. The van der Waals surface area contributed by atoms with Crippen LogP contribution in [0, 0.1) is 6.92 Å². The number of carbonyl (C=O) groups is 2. The van der Waals surface area contributed by atoms with Crippen LogP contribution < -0.4 is 10.6 Å². The second kappa shape index (κ2) is 10.2. The molecule has 1 unspecified atom stereocenters. The minimum Gasteiger partial charge on any atom is -0.355 e. The number of thioether (sulfide) groups is 1. The highest BCUT2D eigenvalue weighted by Gasteiger charge is 2.16. The highest BCUT2D eigenvalue weighted by molar-refractivity contribution is 7.99. The summed E-state index contributed by atoms with van der Waals surface area (Å²) >= 11 is 7.60. The van der Waals surface area contributed by atoms with Crippen molar-refractivity contribution in [3.8, 4) is 0 Å². The Kier molecular flexibility index (Phi) is 8.01. The van der Waals surface area contributed by atoms with Gasteiger partial charge in [0.25, 0.3) is 0 Å².